The van der Waals surface area contributed by atoms with Gasteiger partial charge in [-0.25, -0.2) is 4.98 Å². The molecule has 130 valence electrons. The number of carbonyl (C=O) groups excluding carboxylic acids is 1. The number of nitrogens with one attached hydrogen (secondary N) is 1. The maximum Gasteiger partial charge on any atom is 0.435 e. The van der Waals surface area contributed by atoms with E-state index in [1.807, 2.05) is 0 Å². The molecule has 0 aromatic carbocycles. The van der Waals surface area contributed by atoms with Crippen molar-refractivity contribution in [3.8, 4) is 0 Å². The zero-order valence-corrected chi connectivity index (χ0v) is 14.5. The summed E-state index contributed by atoms with van der Waals surface area (Å²) in [5.41, 5.74) is -1.06. The highest BCUT2D eigenvalue weighted by molar-refractivity contribution is 7.13. The summed E-state index contributed by atoms with van der Waals surface area (Å²) in [7, 11) is 0. The van der Waals surface area contributed by atoms with Crippen LogP contribution in [0.2, 0.25) is 0 Å². The quantitative estimate of drug-likeness (QED) is 0.849. The van der Waals surface area contributed by atoms with Crippen LogP contribution in [0.5, 0.6) is 0 Å². The van der Waals surface area contributed by atoms with E-state index in [9.17, 15) is 18.0 Å². The molecular formula is C16H23F3N2OS. The van der Waals surface area contributed by atoms with Crippen molar-refractivity contribution in [2.45, 2.75) is 65.1 Å². The molecule has 1 aliphatic rings. The van der Waals surface area contributed by atoms with E-state index in [0.29, 0.717) is 11.8 Å². The molecule has 1 aromatic heterocycles. The van der Waals surface area contributed by atoms with Crippen molar-refractivity contribution in [1.82, 2.24) is 10.3 Å². The zero-order chi connectivity index (χ0) is 17.2. The number of halogens is 3. The summed E-state index contributed by atoms with van der Waals surface area (Å²) in [6.45, 7) is 5.73. The fourth-order valence-electron chi connectivity index (χ4n) is 3.33. The van der Waals surface area contributed by atoms with Crippen molar-refractivity contribution in [2.75, 3.05) is 0 Å². The van der Waals surface area contributed by atoms with Gasteiger partial charge in [-0.2, -0.15) is 13.2 Å². The number of hydrogen-bond acceptors (Lipinski definition) is 3. The summed E-state index contributed by atoms with van der Waals surface area (Å²) in [5.74, 6) is 0.148. The highest BCUT2D eigenvalue weighted by Gasteiger charge is 2.40. The van der Waals surface area contributed by atoms with Gasteiger partial charge >= 0.3 is 6.18 Å². The van der Waals surface area contributed by atoms with Gasteiger partial charge in [0, 0.05) is 6.04 Å². The minimum Gasteiger partial charge on any atom is -0.348 e. The van der Waals surface area contributed by atoms with Gasteiger partial charge in [0.2, 0.25) is 0 Å². The number of hydrogen-bond donors (Lipinski definition) is 1. The van der Waals surface area contributed by atoms with Gasteiger partial charge < -0.3 is 5.32 Å². The Labute approximate surface area is 138 Å². The predicted molar refractivity (Wildman–Crippen MR) is 84.5 cm³/mol. The highest BCUT2D eigenvalue weighted by atomic mass is 32.1. The molecule has 0 aliphatic heterocycles. The first-order valence-electron chi connectivity index (χ1n) is 8.09. The Morgan fingerprint density at radius 1 is 1.39 bits per heavy atom. The van der Waals surface area contributed by atoms with Crippen LogP contribution in [-0.4, -0.2) is 16.9 Å². The van der Waals surface area contributed by atoms with E-state index in [0.717, 1.165) is 43.4 Å². The summed E-state index contributed by atoms with van der Waals surface area (Å²) < 4.78 is 39.1. The fraction of sp³-hybridized carbons (Fsp3) is 0.750. The average molecular weight is 348 g/mol. The lowest BCUT2D eigenvalue weighted by Gasteiger charge is -2.35. The number of carbonyl (C=O) groups is 1. The van der Waals surface area contributed by atoms with Gasteiger partial charge in [0.15, 0.2) is 5.69 Å². The first-order valence-corrected chi connectivity index (χ1v) is 8.91. The molecule has 1 aliphatic carbocycles. The Bertz CT molecular complexity index is 556. The Kier molecular flexibility index (Phi) is 5.70. The number of rotatable bonds is 4. The third-order valence-corrected chi connectivity index (χ3v) is 5.69. The standard InChI is InChI=1S/C16H23F3N2OS/c1-4-9(2)11-7-5-6-8-12(11)21-15(22)13-14(16(17,18)19)20-10(3)23-13/h9,11-12H,4-8H2,1-3H3,(H,21,22). The van der Waals surface area contributed by atoms with E-state index >= 15 is 0 Å². The lowest BCUT2D eigenvalue weighted by molar-refractivity contribution is -0.141. The van der Waals surface area contributed by atoms with E-state index in [1.165, 1.54) is 6.92 Å². The Hall–Kier alpha value is -1.11. The molecule has 1 heterocycles. The minimum atomic E-state index is -4.60. The second-order valence-corrected chi connectivity index (χ2v) is 7.53. The van der Waals surface area contributed by atoms with Crippen LogP contribution < -0.4 is 5.32 Å². The average Bonchev–Trinajstić information content (AvgIpc) is 2.89. The fourth-order valence-corrected chi connectivity index (χ4v) is 4.17. The molecule has 1 aromatic rings. The third-order valence-electron chi connectivity index (χ3n) is 4.72. The van der Waals surface area contributed by atoms with Crippen LogP contribution in [0.15, 0.2) is 0 Å². The molecule has 1 fully saturated rings. The topological polar surface area (TPSA) is 42.0 Å². The van der Waals surface area contributed by atoms with Crippen molar-refractivity contribution in [2.24, 2.45) is 11.8 Å². The van der Waals surface area contributed by atoms with E-state index in [4.69, 9.17) is 0 Å². The summed E-state index contributed by atoms with van der Waals surface area (Å²) in [4.78, 5) is 15.6. The van der Waals surface area contributed by atoms with Crippen molar-refractivity contribution in [1.29, 1.82) is 0 Å². The van der Waals surface area contributed by atoms with Crippen molar-refractivity contribution < 1.29 is 18.0 Å². The molecule has 0 spiro atoms. The van der Waals surface area contributed by atoms with Crippen LogP contribution in [0.3, 0.4) is 0 Å². The van der Waals surface area contributed by atoms with E-state index in [-0.39, 0.29) is 15.9 Å². The normalized spacial score (nSPS) is 23.6. The smallest absolute Gasteiger partial charge is 0.348 e. The summed E-state index contributed by atoms with van der Waals surface area (Å²) in [6, 6.07) is -0.0466. The van der Waals surface area contributed by atoms with Gasteiger partial charge in [-0.3, -0.25) is 4.79 Å². The van der Waals surface area contributed by atoms with Crippen molar-refractivity contribution >= 4 is 17.2 Å². The van der Waals surface area contributed by atoms with Crippen molar-refractivity contribution in [3.63, 3.8) is 0 Å². The van der Waals surface area contributed by atoms with Gasteiger partial charge in [-0.05, 0) is 31.6 Å². The van der Waals surface area contributed by atoms with Gasteiger partial charge in [-0.1, -0.05) is 33.1 Å². The van der Waals surface area contributed by atoms with Crippen LogP contribution in [0.4, 0.5) is 13.2 Å². The molecular weight excluding hydrogens is 325 g/mol. The molecule has 23 heavy (non-hydrogen) atoms. The number of aromatic nitrogens is 1. The monoisotopic (exact) mass is 348 g/mol. The van der Waals surface area contributed by atoms with E-state index in [2.05, 4.69) is 24.1 Å². The molecule has 3 atom stereocenters. The van der Waals surface area contributed by atoms with Crippen LogP contribution in [0.25, 0.3) is 0 Å². The maximum absolute atomic E-state index is 13.0. The van der Waals surface area contributed by atoms with Gasteiger partial charge in [0.25, 0.3) is 5.91 Å². The summed E-state index contributed by atoms with van der Waals surface area (Å²) in [6.07, 6.45) is 0.388. The number of thiazole rings is 1. The number of amides is 1. The molecule has 2 rings (SSSR count). The van der Waals surface area contributed by atoms with Gasteiger partial charge in [0.1, 0.15) is 4.88 Å². The highest BCUT2D eigenvalue weighted by Crippen LogP contribution is 2.35. The second-order valence-electron chi connectivity index (χ2n) is 6.32. The number of nitrogens with zero attached hydrogens (tertiary/aromatic N) is 1. The molecule has 3 unspecified atom stereocenters. The van der Waals surface area contributed by atoms with Gasteiger partial charge in [-0.15, -0.1) is 11.3 Å². The molecule has 0 bridgehead atoms. The van der Waals surface area contributed by atoms with Crippen LogP contribution in [0.1, 0.15) is 66.3 Å². The summed E-state index contributed by atoms with van der Waals surface area (Å²) >= 11 is 0.810. The predicted octanol–water partition coefficient (Wildman–Crippen LogP) is 4.81. The molecule has 7 heteroatoms. The van der Waals surface area contributed by atoms with Gasteiger partial charge in [0.05, 0.1) is 5.01 Å². The Balaban J connectivity index is 2.18. The minimum absolute atomic E-state index is 0.0466. The van der Waals surface area contributed by atoms with Crippen molar-refractivity contribution in [3.05, 3.63) is 15.6 Å². The first-order chi connectivity index (χ1) is 10.7. The summed E-state index contributed by atoms with van der Waals surface area (Å²) in [5, 5.41) is 3.11. The largest absolute Gasteiger partial charge is 0.435 e. The maximum atomic E-state index is 13.0. The molecule has 0 radical (unpaired) electrons. The number of aryl methyl sites for hydroxylation is 1. The molecule has 1 N–H and O–H groups in total. The molecule has 0 saturated heterocycles. The van der Waals surface area contributed by atoms with Crippen LogP contribution in [-0.2, 0) is 6.18 Å². The lowest BCUT2D eigenvalue weighted by Crippen LogP contribution is -2.44. The van der Waals surface area contributed by atoms with Crippen LogP contribution >= 0.6 is 11.3 Å². The van der Waals surface area contributed by atoms with Crippen LogP contribution in [0, 0.1) is 18.8 Å². The molecule has 3 nitrogen and oxygen atoms in total. The SMILES string of the molecule is CCC(C)C1CCCCC1NC(=O)c1sc(C)nc1C(F)(F)F. The second kappa shape index (κ2) is 7.20. The first kappa shape index (κ1) is 18.2. The number of alkyl halides is 3. The Morgan fingerprint density at radius 2 is 2.04 bits per heavy atom. The molecule has 1 saturated carbocycles. The van der Waals surface area contributed by atoms with E-state index < -0.39 is 17.8 Å². The lowest BCUT2D eigenvalue weighted by atomic mass is 9.76. The Morgan fingerprint density at radius 3 is 2.65 bits per heavy atom. The zero-order valence-electron chi connectivity index (χ0n) is 13.7. The van der Waals surface area contributed by atoms with E-state index in [1.54, 1.807) is 0 Å². The third kappa shape index (κ3) is 4.25. The molecule has 1 amide bonds.